The van der Waals surface area contributed by atoms with Gasteiger partial charge in [-0.1, -0.05) is 5.16 Å². The van der Waals surface area contributed by atoms with Gasteiger partial charge in [-0.3, -0.25) is 10.2 Å². The first-order valence-electron chi connectivity index (χ1n) is 12.3. The largest absolute Gasteiger partial charge is 0.378 e. The predicted octanol–water partition coefficient (Wildman–Crippen LogP) is 2.76. The van der Waals surface area contributed by atoms with E-state index in [4.69, 9.17) is 24.0 Å². The maximum absolute atomic E-state index is 12.2. The number of ether oxygens (including phenoxy) is 2. The molecule has 0 radical (unpaired) electrons. The van der Waals surface area contributed by atoms with Gasteiger partial charge in [0.1, 0.15) is 12.1 Å². The highest BCUT2D eigenvalue weighted by Gasteiger charge is 2.33. The van der Waals surface area contributed by atoms with Gasteiger partial charge >= 0.3 is 6.03 Å². The molecular formula is C25H29N7O4. The summed E-state index contributed by atoms with van der Waals surface area (Å²) < 4.78 is 15.8. The number of nitrogens with zero attached hydrogens (tertiary/aromatic N) is 5. The fraction of sp³-hybridized carbons (Fsp3) is 0.440. The summed E-state index contributed by atoms with van der Waals surface area (Å²) >= 11 is 0. The van der Waals surface area contributed by atoms with Crippen LogP contribution in [0.3, 0.4) is 0 Å². The monoisotopic (exact) mass is 491 g/mol. The zero-order valence-electron chi connectivity index (χ0n) is 20.1. The number of hydrogen-bond acceptors (Lipinski definition) is 9. The topological polar surface area (TPSA) is 118 Å². The molecule has 3 aliphatic heterocycles. The number of urea groups is 1. The van der Waals surface area contributed by atoms with Crippen LogP contribution >= 0.6 is 0 Å². The van der Waals surface area contributed by atoms with Crippen molar-refractivity contribution in [3.05, 3.63) is 47.9 Å². The average molecular weight is 492 g/mol. The van der Waals surface area contributed by atoms with Gasteiger partial charge < -0.3 is 24.2 Å². The fourth-order valence-electron chi connectivity index (χ4n) is 4.84. The van der Waals surface area contributed by atoms with Crippen molar-refractivity contribution in [3.63, 3.8) is 0 Å². The van der Waals surface area contributed by atoms with E-state index in [1.165, 1.54) is 11.8 Å². The number of morpholine rings is 1. The minimum atomic E-state index is -0.398. The molecule has 0 bridgehead atoms. The van der Waals surface area contributed by atoms with E-state index in [1.807, 2.05) is 24.3 Å². The van der Waals surface area contributed by atoms with Crippen LogP contribution in [0.1, 0.15) is 18.2 Å². The van der Waals surface area contributed by atoms with Crippen molar-refractivity contribution in [1.29, 1.82) is 0 Å². The summed E-state index contributed by atoms with van der Waals surface area (Å²) in [7, 11) is 0. The number of carbonyl (C=O) groups is 1. The molecule has 2 saturated heterocycles. The van der Waals surface area contributed by atoms with Crippen molar-refractivity contribution in [2.45, 2.75) is 32.0 Å². The van der Waals surface area contributed by atoms with E-state index in [1.54, 1.807) is 6.07 Å². The predicted molar refractivity (Wildman–Crippen MR) is 133 cm³/mol. The van der Waals surface area contributed by atoms with Crippen LogP contribution in [0.25, 0.3) is 11.4 Å². The molecule has 1 atom stereocenters. The van der Waals surface area contributed by atoms with Gasteiger partial charge in [0.05, 0.1) is 44.2 Å². The molecule has 0 aliphatic carbocycles. The van der Waals surface area contributed by atoms with Gasteiger partial charge in [0, 0.05) is 42.5 Å². The van der Waals surface area contributed by atoms with E-state index < -0.39 is 6.03 Å². The van der Waals surface area contributed by atoms with E-state index in [9.17, 15) is 4.79 Å². The van der Waals surface area contributed by atoms with Gasteiger partial charge in [-0.2, -0.15) is 0 Å². The minimum Gasteiger partial charge on any atom is -0.378 e. The van der Waals surface area contributed by atoms with Crippen LogP contribution in [0.2, 0.25) is 0 Å². The molecule has 3 aliphatic rings. The summed E-state index contributed by atoms with van der Waals surface area (Å²) in [5.74, 6) is 2.05. The van der Waals surface area contributed by atoms with E-state index in [0.29, 0.717) is 36.6 Å². The quantitative estimate of drug-likeness (QED) is 0.555. The zero-order chi connectivity index (χ0) is 24.5. The summed E-state index contributed by atoms with van der Waals surface area (Å²) in [6.45, 7) is 7.75. The lowest BCUT2D eigenvalue weighted by atomic mass is 10.0. The Hall–Kier alpha value is -3.54. The average Bonchev–Trinajstić information content (AvgIpc) is 3.36. The van der Waals surface area contributed by atoms with Crippen LogP contribution in [-0.4, -0.2) is 77.7 Å². The molecule has 2 fully saturated rings. The Morgan fingerprint density at radius 3 is 2.61 bits per heavy atom. The first-order chi connectivity index (χ1) is 17.6. The molecule has 0 unspecified atom stereocenters. The Morgan fingerprint density at radius 1 is 1.03 bits per heavy atom. The van der Waals surface area contributed by atoms with E-state index in [0.717, 1.165) is 56.3 Å². The van der Waals surface area contributed by atoms with Gasteiger partial charge in [0.15, 0.2) is 11.6 Å². The van der Waals surface area contributed by atoms with Gasteiger partial charge in [-0.15, -0.1) is 0 Å². The van der Waals surface area contributed by atoms with Gasteiger partial charge in [-0.25, -0.2) is 14.8 Å². The molecule has 36 heavy (non-hydrogen) atoms. The van der Waals surface area contributed by atoms with Crippen molar-refractivity contribution < 1.29 is 18.8 Å². The molecule has 1 aromatic carbocycles. The number of benzene rings is 1. The first kappa shape index (κ1) is 22.9. The first-order valence-corrected chi connectivity index (χ1v) is 12.3. The van der Waals surface area contributed by atoms with Gasteiger partial charge in [0.25, 0.3) is 0 Å². The number of hydrogen-bond donors (Lipinski definition) is 2. The van der Waals surface area contributed by atoms with Crippen molar-refractivity contribution in [2.75, 3.05) is 55.1 Å². The van der Waals surface area contributed by atoms with Crippen molar-refractivity contribution in [2.24, 2.45) is 0 Å². The smallest absolute Gasteiger partial charge is 0.324 e. The SMILES string of the molecule is C[C@H]1COCCN1c1nc(-c2ccc(NC(=O)Nc3ccon3)cc2)nc2c1CCN(C1COC1)C2. The van der Waals surface area contributed by atoms with E-state index in [-0.39, 0.29) is 6.04 Å². The van der Waals surface area contributed by atoms with Crippen molar-refractivity contribution in [1.82, 2.24) is 20.0 Å². The van der Waals surface area contributed by atoms with Gasteiger partial charge in [-0.05, 0) is 37.6 Å². The number of fused-ring (bicyclic) bond motifs is 1. The summed E-state index contributed by atoms with van der Waals surface area (Å²) in [6.07, 6.45) is 2.32. The number of amides is 2. The lowest BCUT2D eigenvalue weighted by molar-refractivity contribution is -0.0699. The third-order valence-electron chi connectivity index (χ3n) is 6.93. The highest BCUT2D eigenvalue weighted by atomic mass is 16.5. The van der Waals surface area contributed by atoms with Crippen LogP contribution in [-0.2, 0) is 22.4 Å². The number of rotatable bonds is 5. The molecule has 0 spiro atoms. The lowest BCUT2D eigenvalue weighted by Crippen LogP contribution is -2.51. The molecule has 188 valence electrons. The molecule has 11 nitrogen and oxygen atoms in total. The van der Waals surface area contributed by atoms with Crippen molar-refractivity contribution >= 4 is 23.4 Å². The maximum Gasteiger partial charge on any atom is 0.324 e. The Morgan fingerprint density at radius 2 is 1.89 bits per heavy atom. The second-order valence-corrected chi connectivity index (χ2v) is 9.37. The number of carbonyl (C=O) groups excluding carboxylic acids is 1. The molecule has 2 aromatic heterocycles. The second kappa shape index (κ2) is 9.84. The zero-order valence-corrected chi connectivity index (χ0v) is 20.1. The molecular weight excluding hydrogens is 462 g/mol. The normalized spacial score (nSPS) is 20.5. The van der Waals surface area contributed by atoms with Crippen LogP contribution in [0.4, 0.5) is 22.1 Å². The lowest BCUT2D eigenvalue weighted by Gasteiger charge is -2.41. The maximum atomic E-state index is 12.2. The minimum absolute atomic E-state index is 0.249. The second-order valence-electron chi connectivity index (χ2n) is 9.37. The van der Waals surface area contributed by atoms with E-state index >= 15 is 0 Å². The molecule has 0 saturated carbocycles. The third-order valence-corrected chi connectivity index (χ3v) is 6.93. The van der Waals surface area contributed by atoms with E-state index in [2.05, 4.69) is 32.5 Å². The standard InChI is InChI=1S/C25H29N7O4/c1-16-13-34-11-9-32(16)24-20-6-8-31(19-14-35-15-19)12-21(20)27-23(29-24)17-2-4-18(5-3-17)26-25(33)28-22-7-10-36-30-22/h2-5,7,10,16,19H,6,8-9,11-15H2,1H3,(H2,26,28,30,33)/t16-/m0/s1. The highest BCUT2D eigenvalue weighted by Crippen LogP contribution is 2.32. The Labute approximate surface area is 208 Å². The Balaban J connectivity index is 1.27. The molecule has 2 amide bonds. The summed E-state index contributed by atoms with van der Waals surface area (Å²) in [6, 6.07) is 9.44. The molecule has 6 rings (SSSR count). The molecule has 2 N–H and O–H groups in total. The Kier molecular flexibility index (Phi) is 6.26. The summed E-state index contributed by atoms with van der Waals surface area (Å²) in [5, 5.41) is 9.09. The van der Waals surface area contributed by atoms with Crippen LogP contribution < -0.4 is 15.5 Å². The molecule has 11 heteroatoms. The summed E-state index contributed by atoms with van der Waals surface area (Å²) in [4.78, 5) is 27.1. The van der Waals surface area contributed by atoms with Crippen LogP contribution in [0.5, 0.6) is 0 Å². The number of aromatic nitrogens is 3. The van der Waals surface area contributed by atoms with Crippen molar-refractivity contribution in [3.8, 4) is 11.4 Å². The van der Waals surface area contributed by atoms with Crippen LogP contribution in [0, 0.1) is 0 Å². The fourth-order valence-corrected chi connectivity index (χ4v) is 4.84. The third kappa shape index (κ3) is 4.64. The van der Waals surface area contributed by atoms with Crippen LogP contribution in [0.15, 0.2) is 41.1 Å². The highest BCUT2D eigenvalue weighted by molar-refractivity contribution is 5.99. The van der Waals surface area contributed by atoms with Gasteiger partial charge in [0.2, 0.25) is 0 Å². The number of anilines is 3. The Bertz CT molecular complexity index is 1210. The molecule has 3 aromatic rings. The number of nitrogens with one attached hydrogen (secondary N) is 2. The molecule has 5 heterocycles. The summed E-state index contributed by atoms with van der Waals surface area (Å²) in [5.41, 5.74) is 3.87.